The van der Waals surface area contributed by atoms with Crippen molar-refractivity contribution < 1.29 is 17.9 Å². The molecule has 3 rings (SSSR count). The third-order valence-corrected chi connectivity index (χ3v) is 7.63. The largest absolute Gasteiger partial charge is 0.461 e. The molecule has 0 aliphatic carbocycles. The molecule has 7 nitrogen and oxygen atoms in total. The van der Waals surface area contributed by atoms with Crippen LogP contribution in [0.25, 0.3) is 0 Å². The van der Waals surface area contributed by atoms with E-state index in [-0.39, 0.29) is 35.1 Å². The number of carbonyl (C=O) groups excluding carboxylic acids is 1. The van der Waals surface area contributed by atoms with Gasteiger partial charge in [-0.2, -0.15) is 9.57 Å². The number of likely N-dealkylation sites (N-methyl/N-ethyl adjacent to an activating group) is 1. The Morgan fingerprint density at radius 2 is 2.04 bits per heavy atom. The topological polar surface area (TPSA) is 90.7 Å². The van der Waals surface area contributed by atoms with Gasteiger partial charge in [-0.05, 0) is 45.1 Å². The normalized spacial score (nSPS) is 22.8. The minimum atomic E-state index is -3.78. The predicted octanol–water partition coefficient (Wildman–Crippen LogP) is 1.86. The number of benzene rings is 1. The number of rotatable bonds is 4. The summed E-state index contributed by atoms with van der Waals surface area (Å²) in [5.41, 5.74) is -0.293. The van der Waals surface area contributed by atoms with E-state index in [0.717, 1.165) is 0 Å². The number of cyclic esters (lactones) is 1. The number of ether oxygens (including phenoxy) is 1. The Kier molecular flexibility index (Phi) is 5.50. The number of esters is 1. The molecule has 0 saturated carbocycles. The molecule has 9 heteroatoms. The molecule has 2 aliphatic rings. The first-order valence-electron chi connectivity index (χ1n) is 8.73. The molecule has 1 aromatic rings. The number of hydrogen-bond donors (Lipinski definition) is 0. The summed E-state index contributed by atoms with van der Waals surface area (Å²) in [5, 5.41) is 8.94. The van der Waals surface area contributed by atoms with Crippen molar-refractivity contribution in [3.63, 3.8) is 0 Å². The Bertz CT molecular complexity index is 886. The van der Waals surface area contributed by atoms with Crippen molar-refractivity contribution in [1.29, 1.82) is 5.26 Å². The molecule has 0 radical (unpaired) electrons. The standard InChI is InChI=1S/C18H22ClN3O4S/c1-21(2)12-14-10-18(17(23)26-14)5-7-22(8-6-18)27(24,25)16-4-3-13(11-20)9-15(16)19/h3-4,9,14H,5-8,10,12H2,1-2H3. The van der Waals surface area contributed by atoms with Crippen molar-refractivity contribution in [3.05, 3.63) is 28.8 Å². The Morgan fingerprint density at radius 3 is 2.59 bits per heavy atom. The van der Waals surface area contributed by atoms with Gasteiger partial charge in [-0.25, -0.2) is 8.42 Å². The molecule has 1 aromatic carbocycles. The van der Waals surface area contributed by atoms with E-state index in [1.54, 1.807) is 0 Å². The van der Waals surface area contributed by atoms with Crippen LogP contribution in [-0.2, 0) is 19.6 Å². The monoisotopic (exact) mass is 411 g/mol. The first-order valence-corrected chi connectivity index (χ1v) is 10.6. The van der Waals surface area contributed by atoms with Crippen LogP contribution < -0.4 is 0 Å². The van der Waals surface area contributed by atoms with Crippen molar-refractivity contribution in [1.82, 2.24) is 9.21 Å². The van der Waals surface area contributed by atoms with Crippen molar-refractivity contribution in [2.24, 2.45) is 5.41 Å². The first kappa shape index (κ1) is 20.1. The van der Waals surface area contributed by atoms with Gasteiger partial charge < -0.3 is 9.64 Å². The number of nitrogens with zero attached hydrogens (tertiary/aromatic N) is 3. The van der Waals surface area contributed by atoms with Gasteiger partial charge in [0, 0.05) is 26.1 Å². The summed E-state index contributed by atoms with van der Waals surface area (Å²) in [4.78, 5) is 14.4. The van der Waals surface area contributed by atoms with E-state index < -0.39 is 15.4 Å². The maximum absolute atomic E-state index is 12.9. The molecule has 2 saturated heterocycles. The van der Waals surface area contributed by atoms with E-state index in [4.69, 9.17) is 21.6 Å². The van der Waals surface area contributed by atoms with Crippen LogP contribution in [-0.4, -0.2) is 63.4 Å². The highest BCUT2D eigenvalue weighted by Crippen LogP contribution is 2.44. The van der Waals surface area contributed by atoms with Gasteiger partial charge in [0.25, 0.3) is 0 Å². The molecule has 146 valence electrons. The van der Waals surface area contributed by atoms with Crippen LogP contribution >= 0.6 is 11.6 Å². The summed E-state index contributed by atoms with van der Waals surface area (Å²) in [6.07, 6.45) is 1.34. The van der Waals surface area contributed by atoms with Gasteiger partial charge in [-0.15, -0.1) is 0 Å². The molecule has 2 heterocycles. The van der Waals surface area contributed by atoms with E-state index in [9.17, 15) is 13.2 Å². The van der Waals surface area contributed by atoms with Crippen LogP contribution in [0.5, 0.6) is 0 Å². The molecule has 27 heavy (non-hydrogen) atoms. The summed E-state index contributed by atoms with van der Waals surface area (Å²) in [6.45, 7) is 1.14. The quantitative estimate of drug-likeness (QED) is 0.702. The lowest BCUT2D eigenvalue weighted by atomic mass is 9.76. The van der Waals surface area contributed by atoms with Crippen molar-refractivity contribution >= 4 is 27.6 Å². The smallest absolute Gasteiger partial charge is 0.312 e. The molecule has 0 N–H and O–H groups in total. The van der Waals surface area contributed by atoms with E-state index in [1.807, 2.05) is 25.1 Å². The maximum atomic E-state index is 12.9. The lowest BCUT2D eigenvalue weighted by Crippen LogP contribution is -2.45. The second-order valence-electron chi connectivity index (χ2n) is 7.44. The summed E-state index contributed by atoms with van der Waals surface area (Å²) >= 11 is 6.09. The second kappa shape index (κ2) is 7.40. The minimum Gasteiger partial charge on any atom is -0.461 e. The van der Waals surface area contributed by atoms with E-state index in [1.165, 1.54) is 22.5 Å². The summed E-state index contributed by atoms with van der Waals surface area (Å²) in [7, 11) is 0.0696. The predicted molar refractivity (Wildman–Crippen MR) is 99.6 cm³/mol. The highest BCUT2D eigenvalue weighted by atomic mass is 35.5. The number of nitriles is 1. The van der Waals surface area contributed by atoms with Gasteiger partial charge in [-0.3, -0.25) is 4.79 Å². The van der Waals surface area contributed by atoms with Crippen LogP contribution in [0.2, 0.25) is 5.02 Å². The molecule has 1 atom stereocenters. The van der Waals surface area contributed by atoms with Crippen LogP contribution in [0.15, 0.2) is 23.1 Å². The molecule has 0 bridgehead atoms. The lowest BCUT2D eigenvalue weighted by Gasteiger charge is -2.35. The minimum absolute atomic E-state index is 0.0152. The Labute approximate surface area is 164 Å². The fraction of sp³-hybridized carbons (Fsp3) is 0.556. The van der Waals surface area contributed by atoms with Crippen LogP contribution in [0.4, 0.5) is 0 Å². The van der Waals surface area contributed by atoms with Gasteiger partial charge >= 0.3 is 5.97 Å². The Hall–Kier alpha value is -1.66. The molecule has 0 amide bonds. The molecule has 1 spiro atoms. The average molecular weight is 412 g/mol. The van der Waals surface area contributed by atoms with Crippen LogP contribution in [0, 0.1) is 16.7 Å². The number of hydrogen-bond acceptors (Lipinski definition) is 6. The first-order chi connectivity index (χ1) is 12.7. The molecular formula is C18H22ClN3O4S. The highest BCUT2D eigenvalue weighted by molar-refractivity contribution is 7.89. The summed E-state index contributed by atoms with van der Waals surface area (Å²) in [6, 6.07) is 6.07. The highest BCUT2D eigenvalue weighted by Gasteiger charge is 2.51. The van der Waals surface area contributed by atoms with Crippen molar-refractivity contribution in [3.8, 4) is 6.07 Å². The number of sulfonamides is 1. The van der Waals surface area contributed by atoms with E-state index >= 15 is 0 Å². The third kappa shape index (κ3) is 3.83. The van der Waals surface area contributed by atoms with Crippen molar-refractivity contribution in [2.75, 3.05) is 33.7 Å². The van der Waals surface area contributed by atoms with Gasteiger partial charge in [0.05, 0.1) is 22.1 Å². The van der Waals surface area contributed by atoms with Gasteiger partial charge in [-0.1, -0.05) is 11.6 Å². The average Bonchev–Trinajstić information content (AvgIpc) is 2.89. The third-order valence-electron chi connectivity index (χ3n) is 5.25. The SMILES string of the molecule is CN(C)CC1CC2(CCN(S(=O)(=O)c3ccc(C#N)cc3Cl)CC2)C(=O)O1. The fourth-order valence-corrected chi connectivity index (χ4v) is 5.79. The maximum Gasteiger partial charge on any atom is 0.312 e. The summed E-state index contributed by atoms with van der Waals surface area (Å²) < 4.78 is 32.8. The second-order valence-corrected chi connectivity index (χ2v) is 9.75. The van der Waals surface area contributed by atoms with Crippen LogP contribution in [0.1, 0.15) is 24.8 Å². The Balaban J connectivity index is 1.74. The number of piperidine rings is 1. The van der Waals surface area contributed by atoms with E-state index in [0.29, 0.717) is 31.4 Å². The molecule has 2 aliphatic heterocycles. The molecule has 2 fully saturated rings. The lowest BCUT2D eigenvalue weighted by molar-refractivity contribution is -0.150. The number of carbonyl (C=O) groups is 1. The zero-order valence-corrected chi connectivity index (χ0v) is 16.9. The fourth-order valence-electron chi connectivity index (χ4n) is 3.83. The number of halogens is 1. The van der Waals surface area contributed by atoms with Gasteiger partial charge in [0.1, 0.15) is 11.0 Å². The summed E-state index contributed by atoms with van der Waals surface area (Å²) in [5.74, 6) is -0.220. The Morgan fingerprint density at radius 1 is 1.37 bits per heavy atom. The van der Waals surface area contributed by atoms with Crippen LogP contribution in [0.3, 0.4) is 0 Å². The zero-order valence-electron chi connectivity index (χ0n) is 15.3. The van der Waals surface area contributed by atoms with Gasteiger partial charge in [0.15, 0.2) is 0 Å². The molecule has 0 aromatic heterocycles. The van der Waals surface area contributed by atoms with E-state index in [2.05, 4.69) is 0 Å². The van der Waals surface area contributed by atoms with Crippen molar-refractivity contribution in [2.45, 2.75) is 30.3 Å². The van der Waals surface area contributed by atoms with Gasteiger partial charge in [0.2, 0.25) is 10.0 Å². The molecule has 1 unspecified atom stereocenters. The zero-order chi connectivity index (χ0) is 19.8. The molecular weight excluding hydrogens is 390 g/mol.